The fraction of sp³-hybridized carbons (Fsp3) is 0.433. The van der Waals surface area contributed by atoms with E-state index in [9.17, 15) is 28.0 Å². The van der Waals surface area contributed by atoms with E-state index in [0.717, 1.165) is 53.2 Å². The molecule has 2 amide bonds. The molecule has 1 aliphatic carbocycles. The first-order valence-corrected chi connectivity index (χ1v) is 16.8. The van der Waals surface area contributed by atoms with Crippen LogP contribution in [0.4, 0.5) is 0 Å². The molecule has 2 aliphatic rings. The summed E-state index contributed by atoms with van der Waals surface area (Å²) in [6.07, 6.45) is 9.01. The van der Waals surface area contributed by atoms with Crippen molar-refractivity contribution >= 4 is 39.0 Å². The van der Waals surface area contributed by atoms with Crippen LogP contribution in [0.1, 0.15) is 61.0 Å². The van der Waals surface area contributed by atoms with Gasteiger partial charge in [-0.25, -0.2) is 8.42 Å². The second-order valence-corrected chi connectivity index (χ2v) is 14.0. The van der Waals surface area contributed by atoms with Crippen LogP contribution in [0.15, 0.2) is 66.0 Å². The maximum absolute atomic E-state index is 13.6. The van der Waals surface area contributed by atoms with E-state index < -0.39 is 45.4 Å². The number of carbonyl (C=O) groups is 3. The van der Waals surface area contributed by atoms with Gasteiger partial charge in [0.2, 0.25) is 5.91 Å². The van der Waals surface area contributed by atoms with Crippen LogP contribution in [-0.4, -0.2) is 60.5 Å². The number of ketones is 1. The maximum atomic E-state index is 13.6. The number of Topliss-reactive ketones (excluding diaryl/α,β-unsaturated/α-hetero) is 1. The number of rotatable bonds is 9. The maximum Gasteiger partial charge on any atom is 0.323 e. The molecule has 2 fully saturated rings. The predicted molar refractivity (Wildman–Crippen MR) is 160 cm³/mol. The van der Waals surface area contributed by atoms with E-state index in [-0.39, 0.29) is 29.5 Å². The summed E-state index contributed by atoms with van der Waals surface area (Å²) in [6, 6.07) is 11.4. The third kappa shape index (κ3) is 7.46. The normalized spacial score (nSPS) is 19.3. The van der Waals surface area contributed by atoms with Crippen molar-refractivity contribution < 1.29 is 27.5 Å². The van der Waals surface area contributed by atoms with E-state index in [2.05, 4.69) is 15.6 Å². The number of pyridine rings is 2. The van der Waals surface area contributed by atoms with E-state index in [1.807, 2.05) is 24.3 Å². The van der Waals surface area contributed by atoms with Crippen LogP contribution in [0.3, 0.4) is 0 Å². The second kappa shape index (κ2) is 13.7. The number of nitrogens with zero attached hydrogens (tertiary/aromatic N) is 3. The van der Waals surface area contributed by atoms with E-state index in [4.69, 9.17) is 0 Å². The number of aromatic nitrogens is 2. The summed E-state index contributed by atoms with van der Waals surface area (Å²) in [5.41, 5.74) is 0.753. The molecule has 1 saturated carbocycles. The van der Waals surface area contributed by atoms with E-state index in [0.29, 0.717) is 17.7 Å². The van der Waals surface area contributed by atoms with Gasteiger partial charge < -0.3 is 15.8 Å². The van der Waals surface area contributed by atoms with Crippen molar-refractivity contribution in [3.8, 4) is 10.6 Å². The number of sulfonamides is 1. The molecule has 43 heavy (non-hydrogen) atoms. The Morgan fingerprint density at radius 2 is 1.84 bits per heavy atom. The number of nitrogens with one attached hydrogen (secondary N) is 2. The fourth-order valence-electron chi connectivity index (χ4n) is 5.69. The van der Waals surface area contributed by atoms with Gasteiger partial charge in [0, 0.05) is 24.9 Å². The Bertz CT molecular complexity index is 1560. The lowest BCUT2D eigenvalue weighted by atomic mass is 9.84. The topological polar surface area (TPSA) is 152 Å². The largest absolute Gasteiger partial charge is 0.618 e. The number of carbonyl (C=O) groups excluding carboxylic acids is 3. The summed E-state index contributed by atoms with van der Waals surface area (Å²) in [5.74, 6) is -1.03. The van der Waals surface area contributed by atoms with Gasteiger partial charge in [-0.2, -0.15) is 9.04 Å². The van der Waals surface area contributed by atoms with Crippen molar-refractivity contribution in [3.05, 3.63) is 71.0 Å². The van der Waals surface area contributed by atoms with Gasteiger partial charge in [0.15, 0.2) is 12.0 Å². The Labute approximate surface area is 255 Å². The SMILES string of the molecule is O=C(N[C@@H](CC1CCCCC1)C(=O)NC1CCCN(S(=O)(=O)c2cccc[n+]2[O-])CC1=O)c1ccc(-c2ccccn2)s1. The van der Waals surface area contributed by atoms with Crippen LogP contribution in [0, 0.1) is 11.1 Å². The molecule has 11 nitrogen and oxygen atoms in total. The van der Waals surface area contributed by atoms with Crippen LogP contribution in [-0.2, 0) is 19.6 Å². The quantitative estimate of drug-likeness (QED) is 0.274. The molecule has 3 aromatic heterocycles. The molecule has 3 aromatic rings. The molecule has 2 N–H and O–H groups in total. The van der Waals surface area contributed by atoms with Gasteiger partial charge in [-0.3, -0.25) is 19.4 Å². The summed E-state index contributed by atoms with van der Waals surface area (Å²) in [6.45, 7) is -0.429. The number of amides is 2. The molecule has 228 valence electrons. The van der Waals surface area contributed by atoms with Gasteiger partial charge in [-0.1, -0.05) is 38.2 Å². The minimum Gasteiger partial charge on any atom is -0.618 e. The van der Waals surface area contributed by atoms with Crippen molar-refractivity contribution in [2.75, 3.05) is 13.1 Å². The van der Waals surface area contributed by atoms with Crippen molar-refractivity contribution in [3.63, 3.8) is 0 Å². The van der Waals surface area contributed by atoms with Crippen molar-refractivity contribution in [1.82, 2.24) is 19.9 Å². The third-order valence-corrected chi connectivity index (χ3v) is 10.9. The minimum absolute atomic E-state index is 0.0363. The highest BCUT2D eigenvalue weighted by Gasteiger charge is 2.37. The van der Waals surface area contributed by atoms with E-state index >= 15 is 0 Å². The summed E-state index contributed by atoms with van der Waals surface area (Å²) < 4.78 is 27.5. The summed E-state index contributed by atoms with van der Waals surface area (Å²) in [4.78, 5) is 45.8. The third-order valence-electron chi connectivity index (χ3n) is 7.99. The lowest BCUT2D eigenvalue weighted by molar-refractivity contribution is -0.646. The van der Waals surface area contributed by atoms with Crippen LogP contribution in [0.5, 0.6) is 0 Å². The molecule has 0 bridgehead atoms. The van der Waals surface area contributed by atoms with E-state index in [1.54, 1.807) is 12.3 Å². The van der Waals surface area contributed by atoms with E-state index in [1.165, 1.54) is 29.5 Å². The standard InChI is InChI=1S/C30H35N5O6S2/c36-25-20-34(43(40,41)28-13-5-7-18-35(28)39)17-8-12-22(25)32-29(37)24(19-21-9-2-1-3-10-21)33-30(38)27-15-14-26(42-27)23-11-4-6-16-31-23/h4-7,11,13-16,18,21-22,24H,1-3,8-10,12,17,19-20H2,(H,32,37)(H,33,38)/t22?,24-/m0/s1. The number of hydrogen-bond acceptors (Lipinski definition) is 8. The first kappa shape index (κ1) is 30.8. The first-order chi connectivity index (χ1) is 20.7. The Kier molecular flexibility index (Phi) is 9.83. The average molecular weight is 626 g/mol. The van der Waals surface area contributed by atoms with Crippen LogP contribution < -0.4 is 15.4 Å². The van der Waals surface area contributed by atoms with Gasteiger partial charge in [0.05, 0.1) is 28.0 Å². The van der Waals surface area contributed by atoms with Crippen LogP contribution >= 0.6 is 11.3 Å². The smallest absolute Gasteiger partial charge is 0.323 e. The minimum atomic E-state index is -4.21. The lowest BCUT2D eigenvalue weighted by Gasteiger charge is -2.27. The summed E-state index contributed by atoms with van der Waals surface area (Å²) >= 11 is 1.29. The highest BCUT2D eigenvalue weighted by atomic mass is 32.2. The Hall–Kier alpha value is -3.68. The molecule has 0 radical (unpaired) electrons. The Balaban J connectivity index is 1.28. The summed E-state index contributed by atoms with van der Waals surface area (Å²) in [5, 5.41) is 17.4. The van der Waals surface area contributed by atoms with Gasteiger partial charge in [-0.15, -0.1) is 11.3 Å². The van der Waals surface area contributed by atoms with Crippen molar-refractivity contribution in [1.29, 1.82) is 0 Å². The van der Waals surface area contributed by atoms with Gasteiger partial charge in [-0.05, 0) is 55.5 Å². The molecule has 1 unspecified atom stereocenters. The Morgan fingerprint density at radius 1 is 1.05 bits per heavy atom. The highest BCUT2D eigenvalue weighted by Crippen LogP contribution is 2.29. The number of thiophene rings is 1. The van der Waals surface area contributed by atoms with Gasteiger partial charge >= 0.3 is 15.0 Å². The molecule has 1 aliphatic heterocycles. The molecule has 0 spiro atoms. The molecule has 5 rings (SSSR count). The monoisotopic (exact) mass is 625 g/mol. The lowest BCUT2D eigenvalue weighted by Crippen LogP contribution is -2.53. The molecular formula is C30H35N5O6S2. The molecule has 0 aromatic carbocycles. The zero-order valence-electron chi connectivity index (χ0n) is 23.7. The van der Waals surface area contributed by atoms with Crippen LogP contribution in [0.25, 0.3) is 10.6 Å². The van der Waals surface area contributed by atoms with Crippen molar-refractivity contribution in [2.45, 2.75) is 68.5 Å². The zero-order chi connectivity index (χ0) is 30.4. The van der Waals surface area contributed by atoms with Crippen molar-refractivity contribution in [2.24, 2.45) is 5.92 Å². The van der Waals surface area contributed by atoms with Gasteiger partial charge in [0.1, 0.15) is 6.04 Å². The fourth-order valence-corrected chi connectivity index (χ4v) is 8.05. The zero-order valence-corrected chi connectivity index (χ0v) is 25.3. The molecule has 4 heterocycles. The average Bonchev–Trinajstić information content (AvgIpc) is 3.44. The molecule has 13 heteroatoms. The Morgan fingerprint density at radius 3 is 2.58 bits per heavy atom. The first-order valence-electron chi connectivity index (χ1n) is 14.6. The predicted octanol–water partition coefficient (Wildman–Crippen LogP) is 3.05. The molecule has 1 saturated heterocycles. The number of hydrogen-bond donors (Lipinski definition) is 2. The van der Waals surface area contributed by atoms with Gasteiger partial charge in [0.25, 0.3) is 5.91 Å². The molecule has 2 atom stereocenters. The summed E-state index contributed by atoms with van der Waals surface area (Å²) in [7, 11) is -4.21. The highest BCUT2D eigenvalue weighted by molar-refractivity contribution is 7.89. The van der Waals surface area contributed by atoms with Crippen LogP contribution in [0.2, 0.25) is 0 Å². The second-order valence-electron chi connectivity index (χ2n) is 11.0. The molecular weight excluding hydrogens is 590 g/mol.